The highest BCUT2D eigenvalue weighted by Gasteiger charge is 2.32. The average molecular weight is 271 g/mol. The van der Waals surface area contributed by atoms with Crippen LogP contribution in [0.5, 0.6) is 0 Å². The first-order valence-electron chi connectivity index (χ1n) is 5.99. The number of hydrogen-bond donors (Lipinski definition) is 1. The van der Waals surface area contributed by atoms with Crippen LogP contribution >= 0.6 is 0 Å². The second-order valence-corrected chi connectivity index (χ2v) is 6.70. The number of nitrogens with two attached hydrogens (primary N) is 1. The summed E-state index contributed by atoms with van der Waals surface area (Å²) in [7, 11) is -1.38. The zero-order chi connectivity index (χ0) is 13.3. The minimum atomic E-state index is -1.38. The molecule has 0 aliphatic carbocycles. The van der Waals surface area contributed by atoms with Crippen molar-refractivity contribution in [1.82, 2.24) is 0 Å². The van der Waals surface area contributed by atoms with Crippen molar-refractivity contribution in [1.29, 1.82) is 0 Å². The van der Waals surface area contributed by atoms with E-state index in [4.69, 9.17) is 10.5 Å². The van der Waals surface area contributed by atoms with Gasteiger partial charge in [-0.3, -0.25) is 4.21 Å². The molecule has 0 radical (unpaired) electrons. The lowest BCUT2D eigenvalue weighted by molar-refractivity contribution is -0.00498. The molecule has 2 rings (SSSR count). The van der Waals surface area contributed by atoms with Crippen molar-refractivity contribution < 1.29 is 13.3 Å². The largest absolute Gasteiger partial charge is 0.399 e. The molecule has 1 fully saturated rings. The van der Waals surface area contributed by atoms with E-state index < -0.39 is 16.6 Å². The van der Waals surface area contributed by atoms with Crippen LogP contribution in [-0.2, 0) is 15.5 Å². The lowest BCUT2D eigenvalue weighted by atomic mass is 10.1. The van der Waals surface area contributed by atoms with E-state index in [-0.39, 0.29) is 16.6 Å². The maximum atomic E-state index is 13.6. The first-order chi connectivity index (χ1) is 8.37. The number of halogens is 1. The third-order valence-electron chi connectivity index (χ3n) is 3.09. The SMILES string of the molecule is CC1(C)CCC(CS(=O)c2ccc(N)cc2F)O1. The highest BCUT2D eigenvalue weighted by molar-refractivity contribution is 7.85. The molecule has 100 valence electrons. The normalized spacial score (nSPS) is 24.1. The summed E-state index contributed by atoms with van der Waals surface area (Å²) in [4.78, 5) is 0.206. The minimum absolute atomic E-state index is 0.0576. The molecule has 2 unspecified atom stereocenters. The summed E-state index contributed by atoms with van der Waals surface area (Å²) in [5, 5.41) is 0. The van der Waals surface area contributed by atoms with Crippen LogP contribution in [0.25, 0.3) is 0 Å². The van der Waals surface area contributed by atoms with Crippen LogP contribution in [0.1, 0.15) is 26.7 Å². The summed E-state index contributed by atoms with van der Waals surface area (Å²) in [6.45, 7) is 4.03. The molecule has 1 aliphatic rings. The Morgan fingerprint density at radius 2 is 2.28 bits per heavy atom. The van der Waals surface area contributed by atoms with Crippen LogP contribution in [-0.4, -0.2) is 21.7 Å². The molecule has 5 heteroatoms. The summed E-state index contributed by atoms with van der Waals surface area (Å²) >= 11 is 0. The predicted molar refractivity (Wildman–Crippen MR) is 70.3 cm³/mol. The van der Waals surface area contributed by atoms with E-state index in [0.29, 0.717) is 11.4 Å². The lowest BCUT2D eigenvalue weighted by Crippen LogP contribution is -2.23. The van der Waals surface area contributed by atoms with Gasteiger partial charge < -0.3 is 10.5 Å². The standard InChI is InChI=1S/C13H18FNO2S/c1-13(2)6-5-10(17-13)8-18(16)12-4-3-9(15)7-11(12)14/h3-4,7,10H,5-6,8,15H2,1-2H3. The maximum Gasteiger partial charge on any atom is 0.141 e. The van der Waals surface area contributed by atoms with E-state index in [2.05, 4.69) is 0 Å². The monoisotopic (exact) mass is 271 g/mol. The predicted octanol–water partition coefficient (Wildman–Crippen LogP) is 2.47. The molecule has 2 atom stereocenters. The zero-order valence-corrected chi connectivity index (χ0v) is 11.4. The Labute approximate surface area is 109 Å². The molecular formula is C13H18FNO2S. The highest BCUT2D eigenvalue weighted by atomic mass is 32.2. The van der Waals surface area contributed by atoms with E-state index in [1.807, 2.05) is 13.8 Å². The lowest BCUT2D eigenvalue weighted by Gasteiger charge is -2.19. The molecule has 0 bridgehead atoms. The Kier molecular flexibility index (Phi) is 3.73. The van der Waals surface area contributed by atoms with Crippen molar-refractivity contribution in [2.45, 2.75) is 43.3 Å². The van der Waals surface area contributed by atoms with Gasteiger partial charge in [-0.05, 0) is 44.9 Å². The van der Waals surface area contributed by atoms with Gasteiger partial charge in [0.25, 0.3) is 0 Å². The smallest absolute Gasteiger partial charge is 0.141 e. The van der Waals surface area contributed by atoms with Gasteiger partial charge in [-0.2, -0.15) is 0 Å². The van der Waals surface area contributed by atoms with E-state index in [1.54, 1.807) is 6.07 Å². The van der Waals surface area contributed by atoms with Crippen molar-refractivity contribution in [3.8, 4) is 0 Å². The summed E-state index contributed by atoms with van der Waals surface area (Å²) in [6.07, 6.45) is 1.76. The molecule has 1 aromatic carbocycles. The fraction of sp³-hybridized carbons (Fsp3) is 0.538. The molecule has 0 aromatic heterocycles. The fourth-order valence-electron chi connectivity index (χ4n) is 2.16. The van der Waals surface area contributed by atoms with Crippen molar-refractivity contribution in [2.75, 3.05) is 11.5 Å². The van der Waals surface area contributed by atoms with E-state index >= 15 is 0 Å². The molecular weight excluding hydrogens is 253 g/mol. The molecule has 0 spiro atoms. The number of anilines is 1. The molecule has 1 heterocycles. The van der Waals surface area contributed by atoms with Crippen molar-refractivity contribution >= 4 is 16.5 Å². The zero-order valence-electron chi connectivity index (χ0n) is 10.6. The number of ether oxygens (including phenoxy) is 1. The van der Waals surface area contributed by atoms with Crippen molar-refractivity contribution in [3.05, 3.63) is 24.0 Å². The molecule has 0 saturated carbocycles. The van der Waals surface area contributed by atoms with Gasteiger partial charge in [0.05, 0.1) is 33.2 Å². The van der Waals surface area contributed by atoms with Crippen molar-refractivity contribution in [2.24, 2.45) is 0 Å². The van der Waals surface area contributed by atoms with Gasteiger partial charge in [-0.25, -0.2) is 4.39 Å². The summed E-state index contributed by atoms with van der Waals surface area (Å²) in [5.74, 6) is -0.171. The second-order valence-electron chi connectivity index (χ2n) is 5.24. The van der Waals surface area contributed by atoms with Crippen LogP contribution < -0.4 is 5.73 Å². The van der Waals surface area contributed by atoms with Crippen LogP contribution in [0.15, 0.2) is 23.1 Å². The van der Waals surface area contributed by atoms with Crippen LogP contribution in [0.3, 0.4) is 0 Å². The number of nitrogen functional groups attached to an aromatic ring is 1. The third kappa shape index (κ3) is 3.09. The van der Waals surface area contributed by atoms with E-state index in [1.165, 1.54) is 12.1 Å². The first-order valence-corrected chi connectivity index (χ1v) is 7.30. The molecule has 1 aliphatic heterocycles. The Hall–Kier alpha value is -0.940. The third-order valence-corrected chi connectivity index (χ3v) is 4.59. The van der Waals surface area contributed by atoms with Crippen LogP contribution in [0.2, 0.25) is 0 Å². The van der Waals surface area contributed by atoms with Crippen LogP contribution in [0, 0.1) is 5.82 Å². The topological polar surface area (TPSA) is 52.3 Å². The number of benzene rings is 1. The van der Waals surface area contributed by atoms with E-state index in [0.717, 1.165) is 12.8 Å². The van der Waals surface area contributed by atoms with Gasteiger partial charge in [-0.15, -0.1) is 0 Å². The summed E-state index contributed by atoms with van der Waals surface area (Å²) in [5.41, 5.74) is 5.64. The summed E-state index contributed by atoms with van der Waals surface area (Å²) in [6, 6.07) is 4.25. The van der Waals surface area contributed by atoms with Gasteiger partial charge in [0, 0.05) is 5.69 Å². The second kappa shape index (κ2) is 4.97. The van der Waals surface area contributed by atoms with Gasteiger partial charge in [0.2, 0.25) is 0 Å². The number of hydrogen-bond acceptors (Lipinski definition) is 3. The highest BCUT2D eigenvalue weighted by Crippen LogP contribution is 2.30. The fourth-order valence-corrected chi connectivity index (χ4v) is 3.40. The molecule has 2 N–H and O–H groups in total. The van der Waals surface area contributed by atoms with Gasteiger partial charge in [-0.1, -0.05) is 0 Å². The van der Waals surface area contributed by atoms with E-state index in [9.17, 15) is 8.60 Å². The maximum absolute atomic E-state index is 13.6. The minimum Gasteiger partial charge on any atom is -0.399 e. The van der Waals surface area contributed by atoms with Crippen LogP contribution in [0.4, 0.5) is 10.1 Å². The van der Waals surface area contributed by atoms with Gasteiger partial charge >= 0.3 is 0 Å². The molecule has 0 amide bonds. The first kappa shape index (κ1) is 13.5. The Balaban J connectivity index is 2.04. The Morgan fingerprint density at radius 1 is 1.56 bits per heavy atom. The average Bonchev–Trinajstić information content (AvgIpc) is 2.57. The Bertz CT molecular complexity index is 476. The molecule has 1 aromatic rings. The van der Waals surface area contributed by atoms with Gasteiger partial charge in [0.15, 0.2) is 0 Å². The molecule has 3 nitrogen and oxygen atoms in total. The molecule has 1 saturated heterocycles. The number of rotatable bonds is 3. The summed E-state index contributed by atoms with van der Waals surface area (Å²) < 4.78 is 31.5. The quantitative estimate of drug-likeness (QED) is 0.859. The van der Waals surface area contributed by atoms with Gasteiger partial charge in [0.1, 0.15) is 5.82 Å². The van der Waals surface area contributed by atoms with Crippen molar-refractivity contribution in [3.63, 3.8) is 0 Å². The Morgan fingerprint density at radius 3 is 2.83 bits per heavy atom. The molecule has 18 heavy (non-hydrogen) atoms.